The molecular formula is C15H26N4O. The predicted molar refractivity (Wildman–Crippen MR) is 78.8 cm³/mol. The van der Waals surface area contributed by atoms with Crippen molar-refractivity contribution >= 4 is 0 Å². The molecule has 1 aromatic heterocycles. The Morgan fingerprint density at radius 2 is 2.05 bits per heavy atom. The van der Waals surface area contributed by atoms with E-state index in [4.69, 9.17) is 0 Å². The number of fused-ring (bicyclic) bond motifs is 1. The van der Waals surface area contributed by atoms with Crippen LogP contribution >= 0.6 is 0 Å². The van der Waals surface area contributed by atoms with Crippen molar-refractivity contribution < 1.29 is 0 Å². The Morgan fingerprint density at radius 1 is 1.25 bits per heavy atom. The van der Waals surface area contributed by atoms with E-state index in [0.29, 0.717) is 12.0 Å². The number of aromatic nitrogens is 3. The summed E-state index contributed by atoms with van der Waals surface area (Å²) in [6, 6.07) is 0.380. The van der Waals surface area contributed by atoms with Crippen LogP contribution in [0.1, 0.15) is 50.8 Å². The molecule has 1 N–H and O–H groups in total. The molecule has 1 unspecified atom stereocenters. The van der Waals surface area contributed by atoms with Crippen molar-refractivity contribution in [3.8, 4) is 0 Å². The molecule has 3 rings (SSSR count). The quantitative estimate of drug-likeness (QED) is 0.909. The Hall–Kier alpha value is -1.10. The van der Waals surface area contributed by atoms with Gasteiger partial charge in [-0.05, 0) is 38.6 Å². The molecule has 20 heavy (non-hydrogen) atoms. The van der Waals surface area contributed by atoms with Crippen LogP contribution < -0.4 is 11.0 Å². The lowest BCUT2D eigenvalue weighted by Crippen LogP contribution is -2.41. The zero-order chi connectivity index (χ0) is 13.9. The number of likely N-dealkylation sites (N-methyl/N-ethyl adjacent to an activating group) is 1. The summed E-state index contributed by atoms with van der Waals surface area (Å²) in [5, 5.41) is 7.98. The summed E-state index contributed by atoms with van der Waals surface area (Å²) in [5.41, 5.74) is 0.0933. The van der Waals surface area contributed by atoms with E-state index < -0.39 is 0 Å². The van der Waals surface area contributed by atoms with Gasteiger partial charge in [0, 0.05) is 19.0 Å². The number of rotatable bonds is 4. The van der Waals surface area contributed by atoms with Crippen LogP contribution in [-0.2, 0) is 19.5 Å². The number of hydrogen-bond acceptors (Lipinski definition) is 3. The topological polar surface area (TPSA) is 51.9 Å². The van der Waals surface area contributed by atoms with Crippen molar-refractivity contribution in [1.29, 1.82) is 0 Å². The number of aryl methyl sites for hydroxylation is 1. The maximum absolute atomic E-state index is 12.4. The predicted octanol–water partition coefficient (Wildman–Crippen LogP) is 1.55. The molecule has 5 nitrogen and oxygen atoms in total. The second-order valence-electron chi connectivity index (χ2n) is 6.28. The van der Waals surface area contributed by atoms with Crippen LogP contribution in [0, 0.1) is 5.92 Å². The lowest BCUT2D eigenvalue weighted by atomic mass is 9.84. The average molecular weight is 278 g/mol. The van der Waals surface area contributed by atoms with Crippen LogP contribution in [0.2, 0.25) is 0 Å². The Labute approximate surface area is 120 Å². The zero-order valence-corrected chi connectivity index (χ0v) is 12.5. The van der Waals surface area contributed by atoms with Crippen LogP contribution in [0.3, 0.4) is 0 Å². The fourth-order valence-corrected chi connectivity index (χ4v) is 3.77. The van der Waals surface area contributed by atoms with Gasteiger partial charge < -0.3 is 5.32 Å². The van der Waals surface area contributed by atoms with Crippen LogP contribution in [0.15, 0.2) is 4.79 Å². The number of nitrogens with zero attached hydrogens (tertiary/aromatic N) is 3. The molecule has 1 aliphatic carbocycles. The highest BCUT2D eigenvalue weighted by molar-refractivity contribution is 4.92. The summed E-state index contributed by atoms with van der Waals surface area (Å²) in [4.78, 5) is 12.4. The fourth-order valence-electron chi connectivity index (χ4n) is 3.77. The minimum absolute atomic E-state index is 0.0933. The van der Waals surface area contributed by atoms with Crippen LogP contribution in [0.25, 0.3) is 0 Å². The maximum atomic E-state index is 12.4. The van der Waals surface area contributed by atoms with Crippen molar-refractivity contribution in [2.75, 3.05) is 7.05 Å². The highest BCUT2D eigenvalue weighted by Gasteiger charge is 2.25. The molecule has 0 spiro atoms. The average Bonchev–Trinajstić information content (AvgIpc) is 2.82. The van der Waals surface area contributed by atoms with Gasteiger partial charge in [-0.15, -0.1) is 0 Å². The molecule has 1 fully saturated rings. The van der Waals surface area contributed by atoms with Gasteiger partial charge in [0.05, 0.1) is 6.54 Å². The van der Waals surface area contributed by atoms with E-state index in [0.717, 1.165) is 38.2 Å². The second-order valence-corrected chi connectivity index (χ2v) is 6.28. The van der Waals surface area contributed by atoms with Crippen molar-refractivity contribution in [3.63, 3.8) is 0 Å². The van der Waals surface area contributed by atoms with E-state index in [9.17, 15) is 4.79 Å². The molecule has 112 valence electrons. The van der Waals surface area contributed by atoms with E-state index >= 15 is 0 Å². The molecule has 0 aromatic carbocycles. The van der Waals surface area contributed by atoms with E-state index in [1.807, 2.05) is 11.6 Å². The molecule has 2 aliphatic rings. The summed E-state index contributed by atoms with van der Waals surface area (Å²) in [7, 11) is 2.01. The highest BCUT2D eigenvalue weighted by atomic mass is 16.2. The van der Waals surface area contributed by atoms with Crippen molar-refractivity contribution in [3.05, 3.63) is 16.3 Å². The van der Waals surface area contributed by atoms with Gasteiger partial charge in [-0.25, -0.2) is 9.48 Å². The molecule has 1 atom stereocenters. The van der Waals surface area contributed by atoms with Crippen LogP contribution in [-0.4, -0.2) is 27.4 Å². The monoisotopic (exact) mass is 278 g/mol. The Kier molecular flexibility index (Phi) is 4.24. The first-order valence-corrected chi connectivity index (χ1v) is 8.13. The third-order valence-electron chi connectivity index (χ3n) is 4.99. The normalized spacial score (nSPS) is 21.6. The summed E-state index contributed by atoms with van der Waals surface area (Å²) in [6.07, 6.45) is 9.82. The molecule has 5 heteroatoms. The van der Waals surface area contributed by atoms with Gasteiger partial charge in [-0.3, -0.25) is 4.57 Å². The van der Waals surface area contributed by atoms with Gasteiger partial charge in [0.25, 0.3) is 0 Å². The molecule has 1 saturated carbocycles. The van der Waals surface area contributed by atoms with E-state index in [1.165, 1.54) is 32.1 Å². The molecule has 2 heterocycles. The van der Waals surface area contributed by atoms with Gasteiger partial charge >= 0.3 is 5.69 Å². The van der Waals surface area contributed by atoms with Crippen molar-refractivity contribution in [2.24, 2.45) is 5.92 Å². The lowest BCUT2D eigenvalue weighted by molar-refractivity contribution is 0.250. The first kappa shape index (κ1) is 13.9. The van der Waals surface area contributed by atoms with Gasteiger partial charge in [0.1, 0.15) is 5.82 Å². The molecule has 0 radical (unpaired) electrons. The van der Waals surface area contributed by atoms with Gasteiger partial charge in [-0.1, -0.05) is 19.3 Å². The first-order chi connectivity index (χ1) is 9.79. The van der Waals surface area contributed by atoms with Crippen LogP contribution in [0.5, 0.6) is 0 Å². The first-order valence-electron chi connectivity index (χ1n) is 8.13. The lowest BCUT2D eigenvalue weighted by Gasteiger charge is -2.29. The Bertz CT molecular complexity index is 498. The van der Waals surface area contributed by atoms with Crippen LogP contribution in [0.4, 0.5) is 0 Å². The summed E-state index contributed by atoms with van der Waals surface area (Å²) in [6.45, 7) is 1.57. The SMILES string of the molecule is CNC(Cn1nc2n(c1=O)CCCC2)C1CCCCC1. The highest BCUT2D eigenvalue weighted by Crippen LogP contribution is 2.26. The number of hydrogen-bond donors (Lipinski definition) is 1. The summed E-state index contributed by atoms with van der Waals surface area (Å²) in [5.74, 6) is 1.68. The Morgan fingerprint density at radius 3 is 2.75 bits per heavy atom. The standard InChI is InChI=1S/C15H26N4O/c1-16-13(12-7-3-2-4-8-12)11-19-15(20)18-10-6-5-9-14(18)17-19/h12-13,16H,2-11H2,1H3. The smallest absolute Gasteiger partial charge is 0.315 e. The van der Waals surface area contributed by atoms with E-state index in [-0.39, 0.29) is 5.69 Å². The molecular weight excluding hydrogens is 252 g/mol. The van der Waals surface area contributed by atoms with E-state index in [2.05, 4.69) is 10.4 Å². The zero-order valence-electron chi connectivity index (χ0n) is 12.5. The Balaban J connectivity index is 1.75. The second kappa shape index (κ2) is 6.12. The third kappa shape index (κ3) is 2.68. The maximum Gasteiger partial charge on any atom is 0.345 e. The largest absolute Gasteiger partial charge is 0.345 e. The van der Waals surface area contributed by atoms with Gasteiger partial charge in [-0.2, -0.15) is 5.10 Å². The fraction of sp³-hybridized carbons (Fsp3) is 0.867. The minimum atomic E-state index is 0.0933. The van der Waals surface area contributed by atoms with Crippen molar-refractivity contribution in [2.45, 2.75) is 70.5 Å². The molecule has 1 aromatic rings. The third-order valence-corrected chi connectivity index (χ3v) is 4.99. The summed E-state index contributed by atoms with van der Waals surface area (Å²) >= 11 is 0. The van der Waals surface area contributed by atoms with Gasteiger partial charge in [0.2, 0.25) is 0 Å². The molecule has 0 bridgehead atoms. The van der Waals surface area contributed by atoms with Crippen molar-refractivity contribution in [1.82, 2.24) is 19.7 Å². The minimum Gasteiger partial charge on any atom is -0.315 e. The molecule has 0 saturated heterocycles. The van der Waals surface area contributed by atoms with E-state index in [1.54, 1.807) is 4.68 Å². The molecule has 0 amide bonds. The van der Waals surface area contributed by atoms with Gasteiger partial charge in [0.15, 0.2) is 0 Å². The summed E-state index contributed by atoms with van der Waals surface area (Å²) < 4.78 is 3.58. The number of nitrogens with one attached hydrogen (secondary N) is 1. The molecule has 1 aliphatic heterocycles.